The number of nitrogens with one attached hydrogen (secondary N) is 1. The molecule has 0 aromatic rings. The van der Waals surface area contributed by atoms with E-state index in [0.29, 0.717) is 5.92 Å². The van der Waals surface area contributed by atoms with Crippen LogP contribution in [0.4, 0.5) is 0 Å². The minimum atomic E-state index is 0.0422. The summed E-state index contributed by atoms with van der Waals surface area (Å²) in [5, 5.41) is 2.78. The normalized spacial score (nSPS) is 24.6. The van der Waals surface area contributed by atoms with E-state index in [9.17, 15) is 4.79 Å². The molecule has 1 N–H and O–H groups in total. The predicted molar refractivity (Wildman–Crippen MR) is 45.5 cm³/mol. The van der Waals surface area contributed by atoms with Crippen LogP contribution in [0.5, 0.6) is 0 Å². The molecule has 11 heavy (non-hydrogen) atoms. The summed E-state index contributed by atoms with van der Waals surface area (Å²) in [5.41, 5.74) is 0. The van der Waals surface area contributed by atoms with Gasteiger partial charge in [-0.05, 0) is 0 Å². The molecular weight excluding hydrogens is 162 g/mol. The molecule has 3 nitrogen and oxygen atoms in total. The summed E-state index contributed by atoms with van der Waals surface area (Å²) >= 11 is 1.78. The molecule has 1 amide bonds. The second-order valence-corrected chi connectivity index (χ2v) is 3.64. The highest BCUT2D eigenvalue weighted by Gasteiger charge is 2.13. The van der Waals surface area contributed by atoms with Crippen molar-refractivity contribution >= 4 is 17.7 Å². The SMILES string of the molecule is CC(=O)NCC1COCSC1. The van der Waals surface area contributed by atoms with E-state index in [1.54, 1.807) is 11.8 Å². The monoisotopic (exact) mass is 175 g/mol. The first-order valence-corrected chi connectivity index (χ1v) is 4.84. The molecule has 1 rings (SSSR count). The fourth-order valence-corrected chi connectivity index (χ4v) is 1.80. The molecule has 0 aromatic carbocycles. The minimum Gasteiger partial charge on any atom is -0.370 e. The van der Waals surface area contributed by atoms with Gasteiger partial charge in [0.1, 0.15) is 0 Å². The fraction of sp³-hybridized carbons (Fsp3) is 0.857. The standard InChI is InChI=1S/C7H13NO2S/c1-6(9)8-2-7-3-10-5-11-4-7/h7H,2-5H2,1H3,(H,8,9). The van der Waals surface area contributed by atoms with Crippen LogP contribution in [0.25, 0.3) is 0 Å². The van der Waals surface area contributed by atoms with Crippen LogP contribution in [0.1, 0.15) is 6.92 Å². The summed E-state index contributed by atoms with van der Waals surface area (Å²) in [7, 11) is 0. The van der Waals surface area contributed by atoms with Gasteiger partial charge < -0.3 is 10.1 Å². The first kappa shape index (κ1) is 8.87. The summed E-state index contributed by atoms with van der Waals surface area (Å²) in [6.45, 7) is 3.08. The number of rotatable bonds is 2. The van der Waals surface area contributed by atoms with Crippen LogP contribution in [-0.4, -0.2) is 30.8 Å². The molecule has 1 atom stereocenters. The van der Waals surface area contributed by atoms with E-state index in [4.69, 9.17) is 4.74 Å². The first-order valence-electron chi connectivity index (χ1n) is 3.69. The quantitative estimate of drug-likeness (QED) is 0.662. The number of amides is 1. The summed E-state index contributed by atoms with van der Waals surface area (Å²) in [5.74, 6) is 2.44. The minimum absolute atomic E-state index is 0.0422. The number of carbonyl (C=O) groups excluding carboxylic acids is 1. The average Bonchev–Trinajstić information content (AvgIpc) is 2.03. The van der Waals surface area contributed by atoms with E-state index in [-0.39, 0.29) is 5.91 Å². The zero-order valence-corrected chi connectivity index (χ0v) is 7.45. The lowest BCUT2D eigenvalue weighted by Gasteiger charge is -2.21. The Morgan fingerprint density at radius 2 is 2.64 bits per heavy atom. The molecule has 1 saturated heterocycles. The number of thioether (sulfide) groups is 1. The molecule has 0 aliphatic carbocycles. The second kappa shape index (κ2) is 4.62. The Kier molecular flexibility index (Phi) is 3.72. The van der Waals surface area contributed by atoms with Crippen LogP contribution in [0.2, 0.25) is 0 Å². The van der Waals surface area contributed by atoms with Crippen LogP contribution in [0.3, 0.4) is 0 Å². The van der Waals surface area contributed by atoms with Crippen molar-refractivity contribution in [3.05, 3.63) is 0 Å². The van der Waals surface area contributed by atoms with E-state index >= 15 is 0 Å². The van der Waals surface area contributed by atoms with Gasteiger partial charge in [0.2, 0.25) is 5.91 Å². The van der Waals surface area contributed by atoms with Crippen molar-refractivity contribution in [1.29, 1.82) is 0 Å². The lowest BCUT2D eigenvalue weighted by Crippen LogP contribution is -2.32. The number of hydrogen-bond acceptors (Lipinski definition) is 3. The lowest BCUT2D eigenvalue weighted by molar-refractivity contribution is -0.119. The molecule has 1 fully saturated rings. The van der Waals surface area contributed by atoms with Gasteiger partial charge in [-0.2, -0.15) is 0 Å². The van der Waals surface area contributed by atoms with Gasteiger partial charge in [0.15, 0.2) is 0 Å². The third kappa shape index (κ3) is 3.62. The Labute approximate surface area is 70.9 Å². The molecule has 64 valence electrons. The van der Waals surface area contributed by atoms with Gasteiger partial charge in [0.05, 0.1) is 12.5 Å². The number of ether oxygens (including phenoxy) is 1. The van der Waals surface area contributed by atoms with E-state index < -0.39 is 0 Å². The number of hydrogen-bond donors (Lipinski definition) is 1. The topological polar surface area (TPSA) is 38.3 Å². The molecule has 1 aliphatic heterocycles. The zero-order chi connectivity index (χ0) is 8.10. The van der Waals surface area contributed by atoms with Gasteiger partial charge in [-0.3, -0.25) is 4.79 Å². The maximum atomic E-state index is 10.5. The van der Waals surface area contributed by atoms with Gasteiger partial charge in [-0.15, -0.1) is 11.8 Å². The van der Waals surface area contributed by atoms with Crippen molar-refractivity contribution in [3.63, 3.8) is 0 Å². The Hall–Kier alpha value is -0.220. The molecule has 1 unspecified atom stereocenters. The maximum Gasteiger partial charge on any atom is 0.216 e. The van der Waals surface area contributed by atoms with Crippen molar-refractivity contribution in [2.24, 2.45) is 5.92 Å². The molecule has 1 aliphatic rings. The van der Waals surface area contributed by atoms with Crippen molar-refractivity contribution in [2.45, 2.75) is 6.92 Å². The highest BCUT2D eigenvalue weighted by molar-refractivity contribution is 7.99. The summed E-state index contributed by atoms with van der Waals surface area (Å²) < 4.78 is 5.23. The molecule has 0 saturated carbocycles. The number of carbonyl (C=O) groups is 1. The summed E-state index contributed by atoms with van der Waals surface area (Å²) in [6.07, 6.45) is 0. The molecule has 0 bridgehead atoms. The van der Waals surface area contributed by atoms with Gasteiger partial charge in [-0.1, -0.05) is 0 Å². The van der Waals surface area contributed by atoms with Gasteiger partial charge in [0, 0.05) is 25.1 Å². The van der Waals surface area contributed by atoms with Crippen LogP contribution in [-0.2, 0) is 9.53 Å². The molecule has 0 spiro atoms. The van der Waals surface area contributed by atoms with E-state index in [2.05, 4.69) is 5.32 Å². The van der Waals surface area contributed by atoms with Crippen LogP contribution in [0.15, 0.2) is 0 Å². The second-order valence-electron chi connectivity index (χ2n) is 2.66. The van der Waals surface area contributed by atoms with Crippen molar-refractivity contribution in [2.75, 3.05) is 24.8 Å². The fourth-order valence-electron chi connectivity index (χ4n) is 0.943. The van der Waals surface area contributed by atoms with Crippen molar-refractivity contribution in [1.82, 2.24) is 5.32 Å². The van der Waals surface area contributed by atoms with Crippen LogP contribution < -0.4 is 5.32 Å². The van der Waals surface area contributed by atoms with Crippen LogP contribution >= 0.6 is 11.8 Å². The van der Waals surface area contributed by atoms with Crippen molar-refractivity contribution < 1.29 is 9.53 Å². The zero-order valence-electron chi connectivity index (χ0n) is 6.63. The predicted octanol–water partition coefficient (Wildman–Crippen LogP) is 0.460. The Morgan fingerprint density at radius 3 is 3.18 bits per heavy atom. The van der Waals surface area contributed by atoms with Gasteiger partial charge in [-0.25, -0.2) is 0 Å². The summed E-state index contributed by atoms with van der Waals surface area (Å²) in [4.78, 5) is 10.5. The maximum absolute atomic E-state index is 10.5. The molecular formula is C7H13NO2S. The van der Waals surface area contributed by atoms with E-state index in [1.165, 1.54) is 6.92 Å². The highest BCUT2D eigenvalue weighted by Crippen LogP contribution is 2.14. The van der Waals surface area contributed by atoms with Gasteiger partial charge in [0.25, 0.3) is 0 Å². The molecule has 1 heterocycles. The molecule has 0 aromatic heterocycles. The molecule has 0 radical (unpaired) electrons. The lowest BCUT2D eigenvalue weighted by atomic mass is 10.2. The highest BCUT2D eigenvalue weighted by atomic mass is 32.2. The Morgan fingerprint density at radius 1 is 1.82 bits per heavy atom. The largest absolute Gasteiger partial charge is 0.370 e. The summed E-state index contributed by atoms with van der Waals surface area (Å²) in [6, 6.07) is 0. The Bertz CT molecular complexity index is 134. The Balaban J connectivity index is 2.09. The van der Waals surface area contributed by atoms with Crippen molar-refractivity contribution in [3.8, 4) is 0 Å². The van der Waals surface area contributed by atoms with E-state index in [1.807, 2.05) is 0 Å². The average molecular weight is 175 g/mol. The van der Waals surface area contributed by atoms with E-state index in [0.717, 1.165) is 24.8 Å². The third-order valence-corrected chi connectivity index (χ3v) is 2.55. The smallest absolute Gasteiger partial charge is 0.216 e. The van der Waals surface area contributed by atoms with Gasteiger partial charge >= 0.3 is 0 Å². The molecule has 4 heteroatoms. The van der Waals surface area contributed by atoms with Crippen LogP contribution in [0, 0.1) is 5.92 Å². The third-order valence-electron chi connectivity index (χ3n) is 1.51. The first-order chi connectivity index (χ1) is 5.29.